The Hall–Kier alpha value is -0.0800. The average molecular weight is 257 g/mol. The highest BCUT2D eigenvalue weighted by atomic mass is 16.3. The highest BCUT2D eigenvalue weighted by molar-refractivity contribution is 4.70. The number of nitrogens with one attached hydrogen (secondary N) is 1. The van der Waals surface area contributed by atoms with Gasteiger partial charge in [-0.3, -0.25) is 0 Å². The molecular formula is C16H35NO. The van der Waals surface area contributed by atoms with Crippen LogP contribution in [0, 0.1) is 16.7 Å². The van der Waals surface area contributed by atoms with Crippen LogP contribution in [-0.2, 0) is 0 Å². The second-order valence-electron chi connectivity index (χ2n) is 8.02. The van der Waals surface area contributed by atoms with Gasteiger partial charge in [-0.1, -0.05) is 41.5 Å². The lowest BCUT2D eigenvalue weighted by Gasteiger charge is -2.26. The van der Waals surface area contributed by atoms with Gasteiger partial charge >= 0.3 is 0 Å². The predicted octanol–water partition coefficient (Wildman–Crippen LogP) is 3.84. The average Bonchev–Trinajstić information content (AvgIpc) is 2.13. The summed E-state index contributed by atoms with van der Waals surface area (Å²) in [6.45, 7) is 16.1. The minimum absolute atomic E-state index is 0.330. The molecule has 0 amide bonds. The van der Waals surface area contributed by atoms with E-state index in [1.54, 1.807) is 0 Å². The van der Waals surface area contributed by atoms with Gasteiger partial charge in [0.05, 0.1) is 0 Å². The van der Waals surface area contributed by atoms with Crippen molar-refractivity contribution in [2.24, 2.45) is 16.7 Å². The first-order valence-electron chi connectivity index (χ1n) is 7.46. The Labute approximate surface area is 115 Å². The van der Waals surface area contributed by atoms with E-state index in [9.17, 15) is 0 Å². The van der Waals surface area contributed by atoms with Crippen molar-refractivity contribution in [1.29, 1.82) is 0 Å². The van der Waals surface area contributed by atoms with Crippen LogP contribution in [0.2, 0.25) is 0 Å². The lowest BCUT2D eigenvalue weighted by atomic mass is 9.81. The molecule has 0 aliphatic heterocycles. The van der Waals surface area contributed by atoms with E-state index in [1.807, 2.05) is 0 Å². The number of rotatable bonds is 8. The monoisotopic (exact) mass is 257 g/mol. The van der Waals surface area contributed by atoms with Gasteiger partial charge in [-0.2, -0.15) is 0 Å². The van der Waals surface area contributed by atoms with Crippen molar-refractivity contribution in [3.05, 3.63) is 0 Å². The zero-order valence-electron chi connectivity index (χ0n) is 13.5. The van der Waals surface area contributed by atoms with Crippen molar-refractivity contribution in [2.45, 2.75) is 67.2 Å². The maximum atomic E-state index is 9.13. The Kier molecular flexibility index (Phi) is 8.13. The van der Waals surface area contributed by atoms with Gasteiger partial charge in [0.2, 0.25) is 0 Å². The van der Waals surface area contributed by atoms with Gasteiger partial charge in [0.25, 0.3) is 0 Å². The van der Waals surface area contributed by atoms with Crippen molar-refractivity contribution < 1.29 is 5.11 Å². The maximum absolute atomic E-state index is 9.13. The van der Waals surface area contributed by atoms with Crippen molar-refractivity contribution in [2.75, 3.05) is 19.7 Å². The highest BCUT2D eigenvalue weighted by Gasteiger charge is 2.18. The fourth-order valence-corrected chi connectivity index (χ4v) is 2.38. The van der Waals surface area contributed by atoms with Gasteiger partial charge < -0.3 is 10.4 Å². The molecule has 0 bridgehead atoms. The van der Waals surface area contributed by atoms with Gasteiger partial charge in [-0.15, -0.1) is 0 Å². The molecule has 0 aliphatic rings. The summed E-state index contributed by atoms with van der Waals surface area (Å²) in [7, 11) is 0. The summed E-state index contributed by atoms with van der Waals surface area (Å²) in [4.78, 5) is 0. The van der Waals surface area contributed by atoms with E-state index in [0.717, 1.165) is 19.5 Å². The van der Waals surface area contributed by atoms with E-state index in [4.69, 9.17) is 5.11 Å². The van der Waals surface area contributed by atoms with Crippen molar-refractivity contribution in [3.63, 3.8) is 0 Å². The van der Waals surface area contributed by atoms with Crippen LogP contribution in [-0.4, -0.2) is 24.8 Å². The lowest BCUT2D eigenvalue weighted by molar-refractivity contribution is 0.207. The molecule has 18 heavy (non-hydrogen) atoms. The third kappa shape index (κ3) is 12.4. The molecule has 0 aromatic heterocycles. The fraction of sp³-hybridized carbons (Fsp3) is 1.00. The molecule has 1 atom stereocenters. The van der Waals surface area contributed by atoms with Gasteiger partial charge in [-0.25, -0.2) is 0 Å². The van der Waals surface area contributed by atoms with Crippen molar-refractivity contribution in [3.8, 4) is 0 Å². The summed E-state index contributed by atoms with van der Waals surface area (Å²) >= 11 is 0. The van der Waals surface area contributed by atoms with E-state index in [2.05, 4.69) is 46.9 Å². The topological polar surface area (TPSA) is 32.3 Å². The molecule has 2 nitrogen and oxygen atoms in total. The molecule has 2 heteroatoms. The third-order valence-corrected chi connectivity index (χ3v) is 3.06. The van der Waals surface area contributed by atoms with Gasteiger partial charge in [0.15, 0.2) is 0 Å². The second-order valence-corrected chi connectivity index (χ2v) is 8.02. The first-order valence-corrected chi connectivity index (χ1v) is 7.46. The highest BCUT2D eigenvalue weighted by Crippen LogP contribution is 2.28. The van der Waals surface area contributed by atoms with Gasteiger partial charge in [0.1, 0.15) is 0 Å². The third-order valence-electron chi connectivity index (χ3n) is 3.06. The zero-order chi connectivity index (χ0) is 14.2. The Morgan fingerprint density at radius 2 is 1.56 bits per heavy atom. The molecule has 0 radical (unpaired) electrons. The molecule has 0 aliphatic carbocycles. The summed E-state index contributed by atoms with van der Waals surface area (Å²) in [5, 5.41) is 12.7. The molecular weight excluding hydrogens is 222 g/mol. The fourth-order valence-electron chi connectivity index (χ4n) is 2.38. The molecule has 0 rings (SSSR count). The SMILES string of the molecule is CC(C)(C)CNCCC[C@@H](CCO)CC(C)(C)C. The van der Waals surface area contributed by atoms with Gasteiger partial charge in [0, 0.05) is 6.61 Å². The van der Waals surface area contributed by atoms with Crippen LogP contribution in [0.1, 0.15) is 67.2 Å². The standard InChI is InChI=1S/C16H35NO/c1-15(2,3)12-14(9-11-18)8-7-10-17-13-16(4,5)6/h14,17-18H,7-13H2,1-6H3/t14-/m0/s1. The molecule has 0 heterocycles. The Morgan fingerprint density at radius 1 is 0.944 bits per heavy atom. The van der Waals surface area contributed by atoms with E-state index in [1.165, 1.54) is 19.3 Å². The maximum Gasteiger partial charge on any atom is 0.0433 e. The van der Waals surface area contributed by atoms with Crippen LogP contribution in [0.5, 0.6) is 0 Å². The number of aliphatic hydroxyl groups is 1. The van der Waals surface area contributed by atoms with Crippen LogP contribution in [0.4, 0.5) is 0 Å². The Balaban J connectivity index is 3.77. The number of aliphatic hydroxyl groups excluding tert-OH is 1. The normalized spacial score (nSPS) is 14.8. The summed E-state index contributed by atoms with van der Waals surface area (Å²) < 4.78 is 0. The summed E-state index contributed by atoms with van der Waals surface area (Å²) in [6.07, 6.45) is 4.62. The van der Waals surface area contributed by atoms with Gasteiger partial charge in [-0.05, 0) is 55.5 Å². The largest absolute Gasteiger partial charge is 0.396 e. The predicted molar refractivity (Wildman–Crippen MR) is 80.8 cm³/mol. The second kappa shape index (κ2) is 8.16. The van der Waals surface area contributed by atoms with E-state index in [0.29, 0.717) is 23.4 Å². The Morgan fingerprint density at radius 3 is 2.00 bits per heavy atom. The smallest absolute Gasteiger partial charge is 0.0433 e. The van der Waals surface area contributed by atoms with Crippen molar-refractivity contribution in [1.82, 2.24) is 5.32 Å². The molecule has 0 saturated carbocycles. The summed E-state index contributed by atoms with van der Waals surface area (Å²) in [5.74, 6) is 0.673. The molecule has 2 N–H and O–H groups in total. The first-order chi connectivity index (χ1) is 8.14. The molecule has 0 fully saturated rings. The molecule has 0 saturated heterocycles. The van der Waals surface area contributed by atoms with E-state index >= 15 is 0 Å². The van der Waals surface area contributed by atoms with Crippen LogP contribution in [0.15, 0.2) is 0 Å². The molecule has 0 aromatic carbocycles. The Bertz CT molecular complexity index is 200. The quantitative estimate of drug-likeness (QED) is 0.648. The first kappa shape index (κ1) is 17.9. The zero-order valence-corrected chi connectivity index (χ0v) is 13.5. The molecule has 110 valence electrons. The van der Waals surface area contributed by atoms with Crippen molar-refractivity contribution >= 4 is 0 Å². The number of hydrogen-bond acceptors (Lipinski definition) is 2. The van der Waals surface area contributed by atoms with E-state index < -0.39 is 0 Å². The van der Waals surface area contributed by atoms with Crippen LogP contribution >= 0.6 is 0 Å². The van der Waals surface area contributed by atoms with Crippen LogP contribution < -0.4 is 5.32 Å². The summed E-state index contributed by atoms with van der Waals surface area (Å²) in [6, 6.07) is 0. The van der Waals surface area contributed by atoms with E-state index in [-0.39, 0.29) is 0 Å². The number of hydrogen-bond donors (Lipinski definition) is 2. The minimum atomic E-state index is 0.330. The minimum Gasteiger partial charge on any atom is -0.396 e. The molecule has 0 aromatic rings. The van der Waals surface area contributed by atoms with Crippen LogP contribution in [0.25, 0.3) is 0 Å². The molecule has 0 spiro atoms. The molecule has 0 unspecified atom stereocenters. The lowest BCUT2D eigenvalue weighted by Crippen LogP contribution is -2.28. The summed E-state index contributed by atoms with van der Waals surface area (Å²) in [5.41, 5.74) is 0.745. The van der Waals surface area contributed by atoms with Crippen LogP contribution in [0.3, 0.4) is 0 Å².